The number of carbonyl (C=O) groups excluding carboxylic acids is 1. The molecule has 102 valence electrons. The molecule has 0 aromatic carbocycles. The van der Waals surface area contributed by atoms with Gasteiger partial charge in [-0.05, 0) is 42.8 Å². The molecule has 0 saturated heterocycles. The quantitative estimate of drug-likeness (QED) is 0.920. The molecule has 0 saturated carbocycles. The molecule has 0 radical (unpaired) electrons. The summed E-state index contributed by atoms with van der Waals surface area (Å²) in [7, 11) is 1.61. The summed E-state index contributed by atoms with van der Waals surface area (Å²) in [6.45, 7) is 5.64. The van der Waals surface area contributed by atoms with Crippen LogP contribution in [0.3, 0.4) is 0 Å². The molecule has 0 aliphatic heterocycles. The second kappa shape index (κ2) is 6.04. The Labute approximate surface area is 120 Å². The van der Waals surface area contributed by atoms with Crippen LogP contribution in [0.5, 0.6) is 0 Å². The predicted molar refractivity (Wildman–Crippen MR) is 75.8 cm³/mol. The van der Waals surface area contributed by atoms with Crippen LogP contribution in [0.25, 0.3) is 0 Å². The first kappa shape index (κ1) is 15.5. The average molecular weight is 336 g/mol. The minimum atomic E-state index is -0.696. The minimum Gasteiger partial charge on any atom is -0.444 e. The van der Waals surface area contributed by atoms with Crippen molar-refractivity contribution in [3.63, 3.8) is 0 Å². The van der Waals surface area contributed by atoms with E-state index in [1.807, 2.05) is 32.2 Å². The van der Waals surface area contributed by atoms with Gasteiger partial charge in [0.1, 0.15) is 11.7 Å². The van der Waals surface area contributed by atoms with Crippen LogP contribution in [-0.2, 0) is 4.74 Å². The van der Waals surface area contributed by atoms with Gasteiger partial charge in [0.2, 0.25) is 0 Å². The monoisotopic (exact) mass is 335 g/mol. The lowest BCUT2D eigenvalue weighted by molar-refractivity contribution is 0.0208. The maximum absolute atomic E-state index is 11.7. The fourth-order valence-electron chi connectivity index (χ4n) is 1.27. The first-order chi connectivity index (χ1) is 8.19. The predicted octanol–water partition coefficient (Wildman–Crippen LogP) is 3.41. The van der Waals surface area contributed by atoms with E-state index in [9.17, 15) is 9.90 Å². The number of ether oxygens (including phenoxy) is 1. The Bertz CT molecular complexity index is 414. The zero-order valence-electron chi connectivity index (χ0n) is 10.9. The molecule has 0 fully saturated rings. The molecule has 1 aromatic rings. The molecule has 0 spiro atoms. The van der Waals surface area contributed by atoms with Gasteiger partial charge in [-0.15, -0.1) is 11.3 Å². The highest BCUT2D eigenvalue weighted by atomic mass is 79.9. The van der Waals surface area contributed by atoms with E-state index in [0.717, 1.165) is 9.35 Å². The Morgan fingerprint density at radius 3 is 2.67 bits per heavy atom. The van der Waals surface area contributed by atoms with E-state index in [0.29, 0.717) is 0 Å². The highest BCUT2D eigenvalue weighted by molar-refractivity contribution is 9.10. The van der Waals surface area contributed by atoms with Gasteiger partial charge in [-0.3, -0.25) is 0 Å². The van der Waals surface area contributed by atoms with E-state index in [1.54, 1.807) is 7.05 Å². The normalized spacial score (nSPS) is 13.2. The fraction of sp³-hybridized carbons (Fsp3) is 0.583. The van der Waals surface area contributed by atoms with E-state index in [-0.39, 0.29) is 6.54 Å². The van der Waals surface area contributed by atoms with E-state index in [2.05, 4.69) is 15.9 Å². The van der Waals surface area contributed by atoms with Crippen molar-refractivity contribution in [2.45, 2.75) is 32.5 Å². The summed E-state index contributed by atoms with van der Waals surface area (Å²) in [4.78, 5) is 13.9. The van der Waals surface area contributed by atoms with Crippen molar-refractivity contribution in [1.29, 1.82) is 0 Å². The smallest absolute Gasteiger partial charge is 0.410 e. The molecular weight excluding hydrogens is 318 g/mol. The Morgan fingerprint density at radius 2 is 2.22 bits per heavy atom. The van der Waals surface area contributed by atoms with Crippen molar-refractivity contribution in [2.24, 2.45) is 0 Å². The van der Waals surface area contributed by atoms with E-state index >= 15 is 0 Å². The van der Waals surface area contributed by atoms with Crippen LogP contribution in [0.1, 0.15) is 31.8 Å². The zero-order valence-corrected chi connectivity index (χ0v) is 13.3. The van der Waals surface area contributed by atoms with E-state index in [4.69, 9.17) is 4.74 Å². The molecule has 1 N–H and O–H groups in total. The number of thiophene rings is 1. The molecule has 18 heavy (non-hydrogen) atoms. The van der Waals surface area contributed by atoms with Gasteiger partial charge in [0.05, 0.1) is 6.54 Å². The second-order valence-corrected chi connectivity index (χ2v) is 6.90. The molecule has 0 aliphatic carbocycles. The third-order valence-corrected chi connectivity index (χ3v) is 3.86. The maximum Gasteiger partial charge on any atom is 0.410 e. The van der Waals surface area contributed by atoms with Crippen molar-refractivity contribution in [1.82, 2.24) is 4.90 Å². The number of carbonyl (C=O) groups is 1. The molecule has 1 amide bonds. The van der Waals surface area contributed by atoms with E-state index in [1.165, 1.54) is 16.2 Å². The largest absolute Gasteiger partial charge is 0.444 e. The molecular formula is C12H18BrNO3S. The number of hydrogen-bond donors (Lipinski definition) is 1. The van der Waals surface area contributed by atoms with Crippen molar-refractivity contribution >= 4 is 33.4 Å². The SMILES string of the molecule is CN(CC(O)c1cc(Br)cs1)C(=O)OC(C)(C)C. The average Bonchev–Trinajstić information content (AvgIpc) is 2.62. The minimum absolute atomic E-state index is 0.210. The number of rotatable bonds is 3. The number of nitrogens with zero attached hydrogens (tertiary/aromatic N) is 1. The fourth-order valence-corrected chi connectivity index (χ4v) is 2.69. The molecule has 6 heteroatoms. The van der Waals surface area contributed by atoms with Crippen molar-refractivity contribution in [2.75, 3.05) is 13.6 Å². The van der Waals surface area contributed by atoms with Gasteiger partial charge in [0.25, 0.3) is 0 Å². The molecule has 0 aliphatic rings. The van der Waals surface area contributed by atoms with Crippen molar-refractivity contribution < 1.29 is 14.6 Å². The van der Waals surface area contributed by atoms with Gasteiger partial charge in [-0.25, -0.2) is 4.79 Å². The molecule has 1 atom stereocenters. The van der Waals surface area contributed by atoms with Gasteiger partial charge >= 0.3 is 6.09 Å². The standard InChI is InChI=1S/C12H18BrNO3S/c1-12(2,3)17-11(16)14(4)6-9(15)10-5-8(13)7-18-10/h5,7,9,15H,6H2,1-4H3. The van der Waals surface area contributed by atoms with Gasteiger partial charge in [0, 0.05) is 21.8 Å². The lowest BCUT2D eigenvalue weighted by Crippen LogP contribution is -2.36. The number of halogens is 1. The van der Waals surface area contributed by atoms with Crippen LogP contribution in [-0.4, -0.2) is 35.3 Å². The molecule has 1 rings (SSSR count). The highest BCUT2D eigenvalue weighted by Crippen LogP contribution is 2.26. The second-order valence-electron chi connectivity index (χ2n) is 5.04. The van der Waals surface area contributed by atoms with Gasteiger partial charge in [0.15, 0.2) is 0 Å². The number of likely N-dealkylation sites (N-methyl/N-ethyl adjacent to an activating group) is 1. The van der Waals surface area contributed by atoms with Crippen LogP contribution < -0.4 is 0 Å². The lowest BCUT2D eigenvalue weighted by atomic mass is 10.2. The number of aliphatic hydroxyl groups is 1. The first-order valence-electron chi connectivity index (χ1n) is 5.55. The van der Waals surface area contributed by atoms with Crippen LogP contribution in [0.15, 0.2) is 15.9 Å². The Hall–Kier alpha value is -0.590. The summed E-state index contributed by atoms with van der Waals surface area (Å²) >= 11 is 4.78. The molecule has 0 bridgehead atoms. The third kappa shape index (κ3) is 4.96. The Morgan fingerprint density at radius 1 is 1.61 bits per heavy atom. The van der Waals surface area contributed by atoms with Gasteiger partial charge < -0.3 is 14.7 Å². The van der Waals surface area contributed by atoms with Crippen LogP contribution >= 0.6 is 27.3 Å². The number of hydrogen-bond acceptors (Lipinski definition) is 4. The molecule has 1 unspecified atom stereocenters. The summed E-state index contributed by atoms with van der Waals surface area (Å²) < 4.78 is 6.14. The van der Waals surface area contributed by atoms with Gasteiger partial charge in [-0.1, -0.05) is 0 Å². The van der Waals surface area contributed by atoms with E-state index < -0.39 is 17.8 Å². The third-order valence-electron chi connectivity index (χ3n) is 2.07. The molecule has 4 nitrogen and oxygen atoms in total. The summed E-state index contributed by atoms with van der Waals surface area (Å²) in [5.74, 6) is 0. The molecule has 1 aromatic heterocycles. The van der Waals surface area contributed by atoms with Crippen LogP contribution in [0, 0.1) is 0 Å². The number of amides is 1. The summed E-state index contributed by atoms with van der Waals surface area (Å²) in [6.07, 6.45) is -1.13. The lowest BCUT2D eigenvalue weighted by Gasteiger charge is -2.25. The first-order valence-corrected chi connectivity index (χ1v) is 7.22. The summed E-state index contributed by atoms with van der Waals surface area (Å²) in [5, 5.41) is 11.9. The van der Waals surface area contributed by atoms with Crippen LogP contribution in [0.4, 0.5) is 4.79 Å². The maximum atomic E-state index is 11.7. The van der Waals surface area contributed by atoms with Gasteiger partial charge in [-0.2, -0.15) is 0 Å². The zero-order chi connectivity index (χ0) is 13.9. The summed E-state index contributed by atoms with van der Waals surface area (Å²) in [5.41, 5.74) is -0.526. The van der Waals surface area contributed by atoms with Crippen molar-refractivity contribution in [3.05, 3.63) is 20.8 Å². The Kier molecular flexibility index (Phi) is 5.19. The Balaban J connectivity index is 2.54. The van der Waals surface area contributed by atoms with Crippen molar-refractivity contribution in [3.8, 4) is 0 Å². The topological polar surface area (TPSA) is 49.8 Å². The summed E-state index contributed by atoms with van der Waals surface area (Å²) in [6, 6.07) is 1.85. The molecule has 1 heterocycles. The highest BCUT2D eigenvalue weighted by Gasteiger charge is 2.22. The number of aliphatic hydroxyl groups excluding tert-OH is 1. The van der Waals surface area contributed by atoms with Crippen LogP contribution in [0.2, 0.25) is 0 Å².